The Labute approximate surface area is 103 Å². The molecule has 17 heavy (non-hydrogen) atoms. The summed E-state index contributed by atoms with van der Waals surface area (Å²) < 4.78 is 49.9. The van der Waals surface area contributed by atoms with Crippen LogP contribution in [-0.2, 0) is 20.0 Å². The van der Waals surface area contributed by atoms with E-state index >= 15 is 0 Å². The summed E-state index contributed by atoms with van der Waals surface area (Å²) in [6.07, 6.45) is 0. The highest BCUT2D eigenvalue weighted by atomic mass is 32.2. The van der Waals surface area contributed by atoms with Crippen molar-refractivity contribution in [3.05, 3.63) is 0 Å². The lowest BCUT2D eigenvalue weighted by Crippen LogP contribution is -2.50. The minimum atomic E-state index is -3.54. The van der Waals surface area contributed by atoms with Gasteiger partial charge in [-0.3, -0.25) is 0 Å². The monoisotopic (exact) mass is 287 g/mol. The number of nitrogens with one attached hydrogen (secondary N) is 2. The molecule has 0 aliphatic rings. The molecule has 0 aliphatic carbocycles. The van der Waals surface area contributed by atoms with E-state index in [2.05, 4.69) is 9.44 Å². The van der Waals surface area contributed by atoms with E-state index in [4.69, 9.17) is 5.73 Å². The average Bonchev–Trinajstić information content (AvgIpc) is 2.15. The zero-order valence-electron chi connectivity index (χ0n) is 10.4. The van der Waals surface area contributed by atoms with Gasteiger partial charge in [-0.25, -0.2) is 26.3 Å². The van der Waals surface area contributed by atoms with Gasteiger partial charge < -0.3 is 5.73 Å². The fraction of sp³-hybridized carbons (Fsp3) is 1.00. The first-order valence-electron chi connectivity index (χ1n) is 5.22. The van der Waals surface area contributed by atoms with Gasteiger partial charge in [0.25, 0.3) is 0 Å². The topological polar surface area (TPSA) is 118 Å². The second-order valence-corrected chi connectivity index (χ2v) is 8.24. The summed E-state index contributed by atoms with van der Waals surface area (Å²) in [5, 5.41) is 0. The molecule has 0 atom stereocenters. The first-order valence-corrected chi connectivity index (χ1v) is 8.53. The Bertz CT molecular complexity index is 428. The minimum Gasteiger partial charge on any atom is -0.329 e. The summed E-state index contributed by atoms with van der Waals surface area (Å²) in [5.41, 5.74) is 4.66. The third kappa shape index (κ3) is 7.66. The van der Waals surface area contributed by atoms with Crippen LogP contribution in [-0.4, -0.2) is 47.0 Å². The Kier molecular flexibility index (Phi) is 6.02. The van der Waals surface area contributed by atoms with E-state index in [9.17, 15) is 16.8 Å². The fourth-order valence-corrected chi connectivity index (χ4v) is 3.09. The van der Waals surface area contributed by atoms with Crippen LogP contribution in [0.3, 0.4) is 0 Å². The second-order valence-electron chi connectivity index (χ2n) is 4.31. The summed E-state index contributed by atoms with van der Waals surface area (Å²) in [5.74, 6) is -0.384. The lowest BCUT2D eigenvalue weighted by molar-refractivity contribution is 0.462. The number of rotatable bonds is 8. The summed E-state index contributed by atoms with van der Waals surface area (Å²) >= 11 is 0. The molecule has 0 amide bonds. The Balaban J connectivity index is 4.31. The Hall–Kier alpha value is -0.220. The van der Waals surface area contributed by atoms with Crippen LogP contribution in [0.1, 0.15) is 20.8 Å². The number of nitrogens with two attached hydrogens (primary N) is 1. The van der Waals surface area contributed by atoms with Gasteiger partial charge in [0.2, 0.25) is 20.0 Å². The fourth-order valence-electron chi connectivity index (χ4n) is 0.947. The molecule has 0 radical (unpaired) electrons. The smallest absolute Gasteiger partial charge is 0.213 e. The number of hydrogen-bond acceptors (Lipinski definition) is 5. The first-order chi connectivity index (χ1) is 7.54. The van der Waals surface area contributed by atoms with E-state index in [1.807, 2.05) is 0 Å². The van der Waals surface area contributed by atoms with Gasteiger partial charge in [-0.05, 0) is 20.8 Å². The van der Waals surface area contributed by atoms with E-state index in [1.165, 1.54) is 6.92 Å². The second kappa shape index (κ2) is 6.10. The van der Waals surface area contributed by atoms with Crippen molar-refractivity contribution in [1.29, 1.82) is 0 Å². The molecule has 104 valence electrons. The third-order valence-corrected chi connectivity index (χ3v) is 5.02. The zero-order valence-corrected chi connectivity index (χ0v) is 12.0. The van der Waals surface area contributed by atoms with Crippen molar-refractivity contribution in [2.45, 2.75) is 26.3 Å². The van der Waals surface area contributed by atoms with Crippen LogP contribution in [0.2, 0.25) is 0 Å². The molecule has 0 fully saturated rings. The van der Waals surface area contributed by atoms with Gasteiger partial charge in [0.05, 0.1) is 11.5 Å². The highest BCUT2D eigenvalue weighted by Gasteiger charge is 2.23. The van der Waals surface area contributed by atoms with Crippen LogP contribution >= 0.6 is 0 Å². The predicted molar refractivity (Wildman–Crippen MR) is 67.5 cm³/mol. The minimum absolute atomic E-state index is 0.0746. The van der Waals surface area contributed by atoms with Crippen LogP contribution in [0.25, 0.3) is 0 Å². The SMILES string of the molecule is CCS(=O)(=O)NCCS(=O)(=O)NC(C)(C)CN. The van der Waals surface area contributed by atoms with Crippen molar-refractivity contribution in [3.63, 3.8) is 0 Å². The highest BCUT2D eigenvalue weighted by Crippen LogP contribution is 2.01. The maximum Gasteiger partial charge on any atom is 0.213 e. The van der Waals surface area contributed by atoms with Crippen LogP contribution in [0.15, 0.2) is 0 Å². The molecule has 7 nitrogen and oxygen atoms in total. The lowest BCUT2D eigenvalue weighted by Gasteiger charge is -2.23. The third-order valence-electron chi connectivity index (χ3n) is 2.01. The molecular formula is C8H21N3O4S2. The van der Waals surface area contributed by atoms with Gasteiger partial charge >= 0.3 is 0 Å². The molecule has 0 aromatic heterocycles. The van der Waals surface area contributed by atoms with Crippen molar-refractivity contribution in [2.24, 2.45) is 5.73 Å². The normalized spacial score (nSPS) is 13.9. The van der Waals surface area contributed by atoms with Crippen molar-refractivity contribution in [2.75, 3.05) is 24.6 Å². The summed E-state index contributed by atoms with van der Waals surface area (Å²) in [6, 6.07) is 0. The number of sulfonamides is 2. The van der Waals surface area contributed by atoms with E-state index in [-0.39, 0.29) is 24.6 Å². The molecule has 0 rings (SSSR count). The van der Waals surface area contributed by atoms with Gasteiger partial charge in [0.1, 0.15) is 0 Å². The average molecular weight is 287 g/mol. The Morgan fingerprint density at radius 1 is 1.12 bits per heavy atom. The zero-order chi connectivity index (χ0) is 13.7. The van der Waals surface area contributed by atoms with Gasteiger partial charge in [-0.2, -0.15) is 0 Å². The van der Waals surface area contributed by atoms with E-state index < -0.39 is 25.6 Å². The van der Waals surface area contributed by atoms with E-state index in [0.29, 0.717) is 0 Å². The molecule has 0 unspecified atom stereocenters. The van der Waals surface area contributed by atoms with Gasteiger partial charge in [-0.1, -0.05) is 0 Å². The molecule has 0 spiro atoms. The number of hydrogen-bond donors (Lipinski definition) is 3. The summed E-state index contributed by atoms with van der Waals surface area (Å²) in [7, 11) is -6.90. The van der Waals surface area contributed by atoms with Crippen LogP contribution in [0, 0.1) is 0 Å². The molecule has 0 bridgehead atoms. The molecule has 0 heterocycles. The maximum absolute atomic E-state index is 11.6. The Morgan fingerprint density at radius 2 is 1.65 bits per heavy atom. The van der Waals surface area contributed by atoms with Crippen molar-refractivity contribution < 1.29 is 16.8 Å². The quantitative estimate of drug-likeness (QED) is 0.506. The van der Waals surface area contributed by atoms with Gasteiger partial charge in [-0.15, -0.1) is 0 Å². The van der Waals surface area contributed by atoms with Gasteiger partial charge in [0.15, 0.2) is 0 Å². The van der Waals surface area contributed by atoms with Crippen LogP contribution in [0.4, 0.5) is 0 Å². The molecular weight excluding hydrogens is 266 g/mol. The van der Waals surface area contributed by atoms with Crippen molar-refractivity contribution in [1.82, 2.24) is 9.44 Å². The van der Waals surface area contributed by atoms with Gasteiger partial charge in [0, 0.05) is 18.6 Å². The lowest BCUT2D eigenvalue weighted by atomic mass is 10.1. The summed E-state index contributed by atoms with van der Waals surface area (Å²) in [4.78, 5) is 0. The Morgan fingerprint density at radius 3 is 2.06 bits per heavy atom. The maximum atomic E-state index is 11.6. The molecule has 0 aromatic rings. The predicted octanol–water partition coefficient (Wildman–Crippen LogP) is -1.42. The van der Waals surface area contributed by atoms with Crippen LogP contribution in [0.5, 0.6) is 0 Å². The molecule has 4 N–H and O–H groups in total. The van der Waals surface area contributed by atoms with Crippen molar-refractivity contribution >= 4 is 20.0 Å². The molecule has 0 aromatic carbocycles. The standard InChI is InChI=1S/C8H21N3O4S2/c1-4-16(12,13)10-5-6-17(14,15)11-8(2,3)7-9/h10-11H,4-7,9H2,1-3H3. The van der Waals surface area contributed by atoms with Crippen LogP contribution < -0.4 is 15.2 Å². The van der Waals surface area contributed by atoms with E-state index in [1.54, 1.807) is 13.8 Å². The molecule has 9 heteroatoms. The molecule has 0 saturated carbocycles. The molecule has 0 aliphatic heterocycles. The highest BCUT2D eigenvalue weighted by molar-refractivity contribution is 7.90. The summed E-state index contributed by atoms with van der Waals surface area (Å²) in [6.45, 7) is 4.80. The van der Waals surface area contributed by atoms with E-state index in [0.717, 1.165) is 0 Å². The molecule has 0 saturated heterocycles. The largest absolute Gasteiger partial charge is 0.329 e. The van der Waals surface area contributed by atoms with Crippen molar-refractivity contribution in [3.8, 4) is 0 Å². The first kappa shape index (κ1) is 16.8.